The van der Waals surface area contributed by atoms with Crippen LogP contribution in [0.3, 0.4) is 0 Å². The number of nitrogens with zero attached hydrogens (tertiary/aromatic N) is 1. The molecule has 2 rings (SSSR count). The molecule has 0 saturated heterocycles. The monoisotopic (exact) mass is 322 g/mol. The van der Waals surface area contributed by atoms with Crippen LogP contribution in [0.2, 0.25) is 0 Å². The van der Waals surface area contributed by atoms with E-state index in [0.717, 1.165) is 28.1 Å². The van der Waals surface area contributed by atoms with Crippen molar-refractivity contribution in [3.63, 3.8) is 0 Å². The number of aromatic amines is 1. The fourth-order valence-electron chi connectivity index (χ4n) is 2.24. The van der Waals surface area contributed by atoms with Crippen LogP contribution in [0.15, 0.2) is 4.79 Å². The maximum Gasteiger partial charge on any atom is 0.259 e. The van der Waals surface area contributed by atoms with Gasteiger partial charge in [0.2, 0.25) is 5.91 Å². The number of hydrogen-bond donors (Lipinski definition) is 3. The Morgan fingerprint density at radius 1 is 1.36 bits per heavy atom. The van der Waals surface area contributed by atoms with Gasteiger partial charge in [-0.2, -0.15) is 0 Å². The van der Waals surface area contributed by atoms with Gasteiger partial charge in [-0.3, -0.25) is 9.59 Å². The lowest BCUT2D eigenvalue weighted by Gasteiger charge is -2.04. The molecular formula is C15H22N4O2S. The Morgan fingerprint density at radius 3 is 2.86 bits per heavy atom. The minimum Gasteiger partial charge on any atom is -0.356 e. The van der Waals surface area contributed by atoms with Crippen molar-refractivity contribution in [3.8, 4) is 0 Å². The van der Waals surface area contributed by atoms with Crippen molar-refractivity contribution in [3.05, 3.63) is 26.6 Å². The first kappa shape index (κ1) is 16.6. The number of carbonyl (C=O) groups excluding carboxylic acids is 1. The number of nitrogens with two attached hydrogens (primary N) is 1. The number of H-pyrrole nitrogens is 1. The van der Waals surface area contributed by atoms with Gasteiger partial charge in [-0.15, -0.1) is 11.3 Å². The van der Waals surface area contributed by atoms with Gasteiger partial charge in [0.25, 0.3) is 5.56 Å². The van der Waals surface area contributed by atoms with Gasteiger partial charge in [0.15, 0.2) is 0 Å². The fraction of sp³-hybridized carbons (Fsp3) is 0.533. The molecule has 7 heteroatoms. The van der Waals surface area contributed by atoms with Crippen LogP contribution in [0.25, 0.3) is 10.2 Å². The van der Waals surface area contributed by atoms with E-state index in [0.29, 0.717) is 37.1 Å². The third-order valence-electron chi connectivity index (χ3n) is 3.63. The predicted octanol–water partition coefficient (Wildman–Crippen LogP) is 1.39. The van der Waals surface area contributed by atoms with Crippen LogP contribution in [0.4, 0.5) is 0 Å². The molecule has 0 aromatic carbocycles. The summed E-state index contributed by atoms with van der Waals surface area (Å²) in [5, 5.41) is 3.51. The topological polar surface area (TPSA) is 101 Å². The van der Waals surface area contributed by atoms with E-state index in [-0.39, 0.29) is 11.5 Å². The first-order chi connectivity index (χ1) is 10.5. The molecule has 2 heterocycles. The number of hydrogen-bond acceptors (Lipinski definition) is 5. The van der Waals surface area contributed by atoms with E-state index in [1.807, 2.05) is 13.8 Å². The van der Waals surface area contributed by atoms with Crippen molar-refractivity contribution in [2.45, 2.75) is 39.5 Å². The highest BCUT2D eigenvalue weighted by Gasteiger charge is 2.12. The Morgan fingerprint density at radius 2 is 2.14 bits per heavy atom. The molecule has 0 fully saturated rings. The summed E-state index contributed by atoms with van der Waals surface area (Å²) in [7, 11) is 0. The lowest BCUT2D eigenvalue weighted by atomic mass is 10.2. The number of amides is 1. The fourth-order valence-corrected chi connectivity index (χ4v) is 3.28. The summed E-state index contributed by atoms with van der Waals surface area (Å²) in [4.78, 5) is 32.9. The second kappa shape index (κ2) is 7.51. The Bertz CT molecular complexity index is 720. The first-order valence-corrected chi connectivity index (χ1v) is 8.30. The quantitative estimate of drug-likeness (QED) is 0.670. The summed E-state index contributed by atoms with van der Waals surface area (Å²) >= 11 is 1.52. The van der Waals surface area contributed by atoms with Crippen LogP contribution in [-0.4, -0.2) is 29.0 Å². The zero-order valence-corrected chi connectivity index (χ0v) is 13.8. The molecule has 6 nitrogen and oxygen atoms in total. The van der Waals surface area contributed by atoms with E-state index in [2.05, 4.69) is 15.3 Å². The SMILES string of the molecule is Cc1sc2nc(CCC(=O)NCCCCN)[nH]c(=O)c2c1C. The molecule has 0 saturated carbocycles. The zero-order chi connectivity index (χ0) is 16.1. The molecular weight excluding hydrogens is 300 g/mol. The largest absolute Gasteiger partial charge is 0.356 e. The maximum atomic E-state index is 12.1. The van der Waals surface area contributed by atoms with Crippen LogP contribution in [0, 0.1) is 13.8 Å². The van der Waals surface area contributed by atoms with E-state index in [1.165, 1.54) is 11.3 Å². The summed E-state index contributed by atoms with van der Waals surface area (Å²) in [6, 6.07) is 0. The maximum absolute atomic E-state index is 12.1. The highest BCUT2D eigenvalue weighted by atomic mass is 32.1. The smallest absolute Gasteiger partial charge is 0.259 e. The molecule has 0 aliphatic rings. The first-order valence-electron chi connectivity index (χ1n) is 7.48. The highest BCUT2D eigenvalue weighted by molar-refractivity contribution is 7.18. The number of rotatable bonds is 7. The van der Waals surface area contributed by atoms with Crippen molar-refractivity contribution >= 4 is 27.5 Å². The minimum absolute atomic E-state index is 0.0293. The zero-order valence-electron chi connectivity index (χ0n) is 13.0. The van der Waals surface area contributed by atoms with Gasteiger partial charge < -0.3 is 16.0 Å². The number of thiophene rings is 1. The predicted molar refractivity (Wildman–Crippen MR) is 89.3 cm³/mol. The molecule has 0 bridgehead atoms. The number of carbonyl (C=O) groups is 1. The number of aromatic nitrogens is 2. The summed E-state index contributed by atoms with van der Waals surface area (Å²) in [6.45, 7) is 5.19. The van der Waals surface area contributed by atoms with Crippen LogP contribution in [0.1, 0.15) is 35.5 Å². The normalized spacial score (nSPS) is 11.0. The van der Waals surface area contributed by atoms with Gasteiger partial charge in [0.1, 0.15) is 10.7 Å². The van der Waals surface area contributed by atoms with E-state index in [4.69, 9.17) is 5.73 Å². The van der Waals surface area contributed by atoms with E-state index >= 15 is 0 Å². The van der Waals surface area contributed by atoms with Crippen molar-refractivity contribution in [1.29, 1.82) is 0 Å². The van der Waals surface area contributed by atoms with Crippen LogP contribution in [-0.2, 0) is 11.2 Å². The molecule has 4 N–H and O–H groups in total. The molecule has 0 spiro atoms. The van der Waals surface area contributed by atoms with Crippen molar-refractivity contribution < 1.29 is 4.79 Å². The number of fused-ring (bicyclic) bond motifs is 1. The number of aryl methyl sites for hydroxylation is 3. The molecule has 0 aliphatic carbocycles. The summed E-state index contributed by atoms with van der Waals surface area (Å²) in [6.07, 6.45) is 2.55. The summed E-state index contributed by atoms with van der Waals surface area (Å²) in [5.41, 5.74) is 6.26. The van der Waals surface area contributed by atoms with Gasteiger partial charge in [-0.1, -0.05) is 0 Å². The average Bonchev–Trinajstić information content (AvgIpc) is 2.77. The van der Waals surface area contributed by atoms with E-state index < -0.39 is 0 Å². The standard InChI is InChI=1S/C15H22N4O2S/c1-9-10(2)22-15-13(9)14(21)18-11(19-15)5-6-12(20)17-8-4-3-7-16/h3-8,16H2,1-2H3,(H,17,20)(H,18,19,21). The molecule has 2 aromatic rings. The van der Waals surface area contributed by atoms with Gasteiger partial charge in [-0.05, 0) is 38.8 Å². The van der Waals surface area contributed by atoms with Gasteiger partial charge >= 0.3 is 0 Å². The van der Waals surface area contributed by atoms with E-state index in [1.54, 1.807) is 0 Å². The molecule has 0 radical (unpaired) electrons. The molecule has 120 valence electrons. The molecule has 0 aliphatic heterocycles. The van der Waals surface area contributed by atoms with Gasteiger partial charge in [0.05, 0.1) is 5.39 Å². The lowest BCUT2D eigenvalue weighted by Crippen LogP contribution is -2.25. The minimum atomic E-state index is -0.120. The Hall–Kier alpha value is -1.73. The Labute approximate surface area is 133 Å². The van der Waals surface area contributed by atoms with Crippen LogP contribution < -0.4 is 16.6 Å². The molecule has 22 heavy (non-hydrogen) atoms. The van der Waals surface area contributed by atoms with E-state index in [9.17, 15) is 9.59 Å². The van der Waals surface area contributed by atoms with Crippen LogP contribution >= 0.6 is 11.3 Å². The average molecular weight is 322 g/mol. The molecule has 1 amide bonds. The van der Waals surface area contributed by atoms with Gasteiger partial charge in [-0.25, -0.2) is 4.98 Å². The third-order valence-corrected chi connectivity index (χ3v) is 4.73. The molecule has 2 aromatic heterocycles. The number of nitrogens with one attached hydrogen (secondary N) is 2. The highest BCUT2D eigenvalue weighted by Crippen LogP contribution is 2.25. The lowest BCUT2D eigenvalue weighted by molar-refractivity contribution is -0.121. The second-order valence-electron chi connectivity index (χ2n) is 5.32. The third kappa shape index (κ3) is 3.92. The summed E-state index contributed by atoms with van der Waals surface area (Å²) < 4.78 is 0. The van der Waals surface area contributed by atoms with Crippen LogP contribution in [0.5, 0.6) is 0 Å². The Balaban J connectivity index is 1.98. The Kier molecular flexibility index (Phi) is 5.68. The van der Waals surface area contributed by atoms with Gasteiger partial charge in [0, 0.05) is 24.3 Å². The molecule has 0 atom stereocenters. The van der Waals surface area contributed by atoms with Crippen molar-refractivity contribution in [2.75, 3.05) is 13.1 Å². The second-order valence-corrected chi connectivity index (χ2v) is 6.52. The van der Waals surface area contributed by atoms with Crippen molar-refractivity contribution in [1.82, 2.24) is 15.3 Å². The van der Waals surface area contributed by atoms with Crippen molar-refractivity contribution in [2.24, 2.45) is 5.73 Å². The summed E-state index contributed by atoms with van der Waals surface area (Å²) in [5.74, 6) is 0.536. The molecule has 0 unspecified atom stereocenters. The number of unbranched alkanes of at least 4 members (excludes halogenated alkanes) is 1.